The second kappa shape index (κ2) is 14.0. The van der Waals surface area contributed by atoms with E-state index in [0.29, 0.717) is 5.92 Å². The summed E-state index contributed by atoms with van der Waals surface area (Å²) in [7, 11) is 0. The maximum absolute atomic E-state index is 14.3. The number of fused-ring (bicyclic) bond motifs is 1. The summed E-state index contributed by atoms with van der Waals surface area (Å²) in [5, 5.41) is 0. The Labute approximate surface area is 240 Å². The summed E-state index contributed by atoms with van der Waals surface area (Å²) in [6.45, 7) is 4.36. The summed E-state index contributed by atoms with van der Waals surface area (Å²) in [6.07, 6.45) is 21.4. The number of hydrogen-bond donors (Lipinski definition) is 0. The molecule has 0 saturated heterocycles. The van der Waals surface area contributed by atoms with E-state index in [1.165, 1.54) is 94.7 Å². The van der Waals surface area contributed by atoms with Crippen LogP contribution >= 0.6 is 0 Å². The minimum absolute atomic E-state index is 0.0857. The van der Waals surface area contributed by atoms with Gasteiger partial charge in [0.2, 0.25) is 11.6 Å². The van der Waals surface area contributed by atoms with Gasteiger partial charge in [0.1, 0.15) is 6.61 Å². The first kappa shape index (κ1) is 29.1. The van der Waals surface area contributed by atoms with Crippen molar-refractivity contribution < 1.29 is 18.3 Å². The van der Waals surface area contributed by atoms with E-state index < -0.39 is 11.6 Å². The monoisotopic (exact) mass is 550 g/mol. The first-order valence-corrected chi connectivity index (χ1v) is 16.0. The molecule has 0 spiro atoms. The molecule has 0 aliphatic heterocycles. The third-order valence-corrected chi connectivity index (χ3v) is 10.3. The van der Waals surface area contributed by atoms with E-state index in [2.05, 4.69) is 43.3 Å². The maximum atomic E-state index is 14.3. The van der Waals surface area contributed by atoms with Crippen LogP contribution in [0.25, 0.3) is 0 Å². The molecule has 3 saturated carbocycles. The summed E-state index contributed by atoms with van der Waals surface area (Å²) < 4.78 is 39.2. The average molecular weight is 551 g/mol. The van der Waals surface area contributed by atoms with Gasteiger partial charge < -0.3 is 9.47 Å². The van der Waals surface area contributed by atoms with Crippen LogP contribution in [0.15, 0.2) is 48.6 Å². The molecule has 4 atom stereocenters. The van der Waals surface area contributed by atoms with E-state index in [9.17, 15) is 8.78 Å². The maximum Gasteiger partial charge on any atom is 0.204 e. The highest BCUT2D eigenvalue weighted by Gasteiger charge is 2.38. The van der Waals surface area contributed by atoms with Gasteiger partial charge >= 0.3 is 0 Å². The highest BCUT2D eigenvalue weighted by atomic mass is 19.2. The molecule has 2 aromatic rings. The van der Waals surface area contributed by atoms with Gasteiger partial charge in [0, 0.05) is 0 Å². The van der Waals surface area contributed by atoms with Crippen LogP contribution in [0.5, 0.6) is 11.5 Å². The Morgan fingerprint density at radius 1 is 0.725 bits per heavy atom. The minimum Gasteiger partial charge on any atom is -0.491 e. The Morgan fingerprint density at radius 3 is 2.00 bits per heavy atom. The molecule has 3 fully saturated rings. The van der Waals surface area contributed by atoms with Crippen LogP contribution < -0.4 is 9.47 Å². The van der Waals surface area contributed by atoms with Gasteiger partial charge in [0.05, 0.1) is 6.61 Å². The van der Waals surface area contributed by atoms with Gasteiger partial charge in [-0.05, 0) is 143 Å². The summed E-state index contributed by atoms with van der Waals surface area (Å²) >= 11 is 0. The molecule has 40 heavy (non-hydrogen) atoms. The van der Waals surface area contributed by atoms with Gasteiger partial charge in [0.15, 0.2) is 11.5 Å². The van der Waals surface area contributed by atoms with Crippen molar-refractivity contribution in [1.82, 2.24) is 0 Å². The molecule has 4 heteroatoms. The molecule has 0 N–H and O–H groups in total. The summed E-state index contributed by atoms with van der Waals surface area (Å²) in [4.78, 5) is 0. The van der Waals surface area contributed by atoms with Crippen molar-refractivity contribution in [2.24, 2.45) is 29.6 Å². The molecule has 3 aliphatic carbocycles. The van der Waals surface area contributed by atoms with E-state index in [1.54, 1.807) is 6.92 Å². The predicted octanol–water partition coefficient (Wildman–Crippen LogP) is 10.4. The van der Waals surface area contributed by atoms with Crippen LogP contribution in [0.4, 0.5) is 8.78 Å². The van der Waals surface area contributed by atoms with Crippen molar-refractivity contribution in [2.75, 3.05) is 6.61 Å². The standard InChI is InChI=1S/C36H48F2O2/c1-3-5-6-7-25-8-13-32-23-31(19-18-30(32)22-25)29-16-14-28(15-17-29)27-11-9-26(10-12-27)24-40-34-21-20-33(39-4-2)35(37)36(34)38/h3,5,9-12,20-21,25,28-32H,4,6-8,13-19,22-24H2,1-2H3. The van der Waals surface area contributed by atoms with Gasteiger partial charge in [-0.3, -0.25) is 0 Å². The lowest BCUT2D eigenvalue weighted by molar-refractivity contribution is 0.0621. The number of benzene rings is 2. The van der Waals surface area contributed by atoms with Gasteiger partial charge in [-0.15, -0.1) is 0 Å². The highest BCUT2D eigenvalue weighted by molar-refractivity contribution is 5.35. The molecule has 3 aliphatic rings. The van der Waals surface area contributed by atoms with Crippen molar-refractivity contribution in [1.29, 1.82) is 0 Å². The summed E-state index contributed by atoms with van der Waals surface area (Å²) in [5.41, 5.74) is 2.36. The van der Waals surface area contributed by atoms with Gasteiger partial charge in [-0.25, -0.2) is 0 Å². The van der Waals surface area contributed by atoms with Crippen LogP contribution in [0.2, 0.25) is 0 Å². The van der Waals surface area contributed by atoms with E-state index in [-0.39, 0.29) is 24.7 Å². The summed E-state index contributed by atoms with van der Waals surface area (Å²) in [5.74, 6) is 3.30. The molecule has 0 aromatic heterocycles. The Kier molecular flexibility index (Phi) is 10.2. The van der Waals surface area contributed by atoms with Crippen LogP contribution in [-0.4, -0.2) is 6.61 Å². The van der Waals surface area contributed by atoms with Crippen molar-refractivity contribution in [3.05, 3.63) is 71.3 Å². The van der Waals surface area contributed by atoms with Crippen LogP contribution in [-0.2, 0) is 6.61 Å². The topological polar surface area (TPSA) is 18.5 Å². The lowest BCUT2D eigenvalue weighted by Gasteiger charge is -2.45. The molecule has 5 rings (SSSR count). The fraction of sp³-hybridized carbons (Fsp3) is 0.611. The van der Waals surface area contributed by atoms with E-state index in [0.717, 1.165) is 35.2 Å². The average Bonchev–Trinajstić information content (AvgIpc) is 2.99. The Bertz CT molecular complexity index is 1100. The molecular weight excluding hydrogens is 502 g/mol. The molecule has 218 valence electrons. The van der Waals surface area contributed by atoms with Crippen molar-refractivity contribution >= 4 is 0 Å². The first-order valence-electron chi connectivity index (χ1n) is 16.0. The van der Waals surface area contributed by atoms with Crippen molar-refractivity contribution in [3.8, 4) is 11.5 Å². The Hall–Kier alpha value is -2.36. The molecular formula is C36H48F2O2. The Balaban J connectivity index is 1.06. The SMILES string of the molecule is CC=CCCC1CCC2CC(C3CCC(c4ccc(COc5ccc(OCC)c(F)c5F)cc4)CC3)CCC2C1. The number of hydrogen-bond acceptors (Lipinski definition) is 2. The van der Waals surface area contributed by atoms with Gasteiger partial charge in [0.25, 0.3) is 0 Å². The van der Waals surface area contributed by atoms with Crippen LogP contribution in [0, 0.1) is 41.2 Å². The second-order valence-corrected chi connectivity index (χ2v) is 12.7. The lowest BCUT2D eigenvalue weighted by atomic mass is 9.60. The van der Waals surface area contributed by atoms with Crippen molar-refractivity contribution in [3.63, 3.8) is 0 Å². The fourth-order valence-electron chi connectivity index (χ4n) is 8.08. The highest BCUT2D eigenvalue weighted by Crippen LogP contribution is 2.50. The second-order valence-electron chi connectivity index (χ2n) is 12.7. The zero-order valence-corrected chi connectivity index (χ0v) is 24.6. The van der Waals surface area contributed by atoms with E-state index in [1.807, 2.05) is 0 Å². The molecule has 0 amide bonds. The van der Waals surface area contributed by atoms with Crippen LogP contribution in [0.3, 0.4) is 0 Å². The Morgan fingerprint density at radius 2 is 1.32 bits per heavy atom. The molecule has 0 bridgehead atoms. The fourth-order valence-corrected chi connectivity index (χ4v) is 8.08. The predicted molar refractivity (Wildman–Crippen MR) is 159 cm³/mol. The summed E-state index contributed by atoms with van der Waals surface area (Å²) in [6, 6.07) is 11.4. The first-order chi connectivity index (χ1) is 19.6. The number of ether oxygens (including phenoxy) is 2. The largest absolute Gasteiger partial charge is 0.491 e. The van der Waals surface area contributed by atoms with Crippen molar-refractivity contribution in [2.45, 2.75) is 103 Å². The third-order valence-electron chi connectivity index (χ3n) is 10.3. The molecule has 0 radical (unpaired) electrons. The zero-order valence-electron chi connectivity index (χ0n) is 24.6. The molecule has 0 heterocycles. The number of rotatable bonds is 10. The third kappa shape index (κ3) is 7.09. The smallest absolute Gasteiger partial charge is 0.204 e. The minimum atomic E-state index is -0.999. The zero-order chi connectivity index (χ0) is 27.9. The van der Waals surface area contributed by atoms with E-state index >= 15 is 0 Å². The number of allylic oxidation sites excluding steroid dienone is 2. The molecule has 4 unspecified atom stereocenters. The van der Waals surface area contributed by atoms with E-state index in [4.69, 9.17) is 9.47 Å². The molecule has 2 nitrogen and oxygen atoms in total. The van der Waals surface area contributed by atoms with Gasteiger partial charge in [-0.2, -0.15) is 8.78 Å². The van der Waals surface area contributed by atoms with Gasteiger partial charge in [-0.1, -0.05) is 42.8 Å². The molecule has 2 aromatic carbocycles. The van der Waals surface area contributed by atoms with Crippen LogP contribution in [0.1, 0.15) is 108 Å². The quantitative estimate of drug-likeness (QED) is 0.274. The normalized spacial score (nSPS) is 28.8. The lowest BCUT2D eigenvalue weighted by Crippen LogP contribution is -2.34. The number of halogens is 2.